The minimum atomic E-state index is -0.339. The Balaban J connectivity index is 1.59. The number of rotatable bonds is 6. The zero-order valence-corrected chi connectivity index (χ0v) is 14.0. The molecule has 5 nitrogen and oxygen atoms in total. The van der Waals surface area contributed by atoms with Crippen LogP contribution in [-0.2, 0) is 4.79 Å². The van der Waals surface area contributed by atoms with Gasteiger partial charge in [0.1, 0.15) is 11.9 Å². The molecule has 1 aromatic heterocycles. The number of aryl methyl sites for hydroxylation is 1. The van der Waals surface area contributed by atoms with Crippen LogP contribution in [0.15, 0.2) is 48.7 Å². The first-order valence-corrected chi connectivity index (χ1v) is 8.38. The maximum atomic E-state index is 12.0. The van der Waals surface area contributed by atoms with Crippen molar-refractivity contribution < 1.29 is 4.79 Å². The van der Waals surface area contributed by atoms with Crippen LogP contribution in [0, 0.1) is 12.8 Å². The second-order valence-corrected chi connectivity index (χ2v) is 6.47. The summed E-state index contributed by atoms with van der Waals surface area (Å²) in [4.78, 5) is 18.5. The van der Waals surface area contributed by atoms with Crippen molar-refractivity contribution >= 4 is 11.7 Å². The highest BCUT2D eigenvalue weighted by atomic mass is 16.1. The quantitative estimate of drug-likeness (QED) is 0.855. The Morgan fingerprint density at radius 1 is 1.33 bits per heavy atom. The van der Waals surface area contributed by atoms with Crippen molar-refractivity contribution in [3.05, 3.63) is 59.8 Å². The molecule has 5 heteroatoms. The fourth-order valence-corrected chi connectivity index (χ4v) is 3.28. The van der Waals surface area contributed by atoms with Crippen LogP contribution in [0.4, 0.5) is 5.82 Å². The van der Waals surface area contributed by atoms with E-state index in [1.807, 2.05) is 49.5 Å². The summed E-state index contributed by atoms with van der Waals surface area (Å²) < 4.78 is 0. The molecule has 3 N–H and O–H groups in total. The molecule has 126 valence electrons. The minimum absolute atomic E-state index is 0.282. The van der Waals surface area contributed by atoms with Gasteiger partial charge >= 0.3 is 0 Å². The van der Waals surface area contributed by atoms with Crippen molar-refractivity contribution in [1.29, 1.82) is 0 Å². The number of likely N-dealkylation sites (tertiary alicyclic amines) is 1. The van der Waals surface area contributed by atoms with E-state index in [1.165, 1.54) is 0 Å². The van der Waals surface area contributed by atoms with E-state index in [2.05, 4.69) is 21.3 Å². The maximum absolute atomic E-state index is 12.0. The van der Waals surface area contributed by atoms with Gasteiger partial charge in [0.2, 0.25) is 5.91 Å². The predicted octanol–water partition coefficient (Wildman–Crippen LogP) is 2.35. The van der Waals surface area contributed by atoms with E-state index in [0.29, 0.717) is 5.92 Å². The van der Waals surface area contributed by atoms with Crippen molar-refractivity contribution in [2.45, 2.75) is 19.4 Å². The predicted molar refractivity (Wildman–Crippen MR) is 95.5 cm³/mol. The fourth-order valence-electron chi connectivity index (χ4n) is 3.28. The highest BCUT2D eigenvalue weighted by molar-refractivity contribution is 5.81. The van der Waals surface area contributed by atoms with Crippen LogP contribution in [0.3, 0.4) is 0 Å². The van der Waals surface area contributed by atoms with Crippen LogP contribution in [-0.4, -0.2) is 35.4 Å². The number of benzene rings is 1. The number of anilines is 1. The molecule has 0 saturated carbocycles. The highest BCUT2D eigenvalue weighted by Crippen LogP contribution is 2.27. The van der Waals surface area contributed by atoms with Crippen LogP contribution in [0.1, 0.15) is 23.6 Å². The molecule has 2 atom stereocenters. The van der Waals surface area contributed by atoms with Crippen LogP contribution >= 0.6 is 0 Å². The van der Waals surface area contributed by atoms with Crippen molar-refractivity contribution in [2.24, 2.45) is 11.7 Å². The summed E-state index contributed by atoms with van der Waals surface area (Å²) in [6.45, 7) is 4.63. The Kier molecular flexibility index (Phi) is 5.11. The van der Waals surface area contributed by atoms with E-state index in [4.69, 9.17) is 5.73 Å². The molecule has 0 radical (unpaired) electrons. The number of aromatic nitrogens is 1. The van der Waals surface area contributed by atoms with E-state index in [9.17, 15) is 4.79 Å². The zero-order chi connectivity index (χ0) is 16.9. The van der Waals surface area contributed by atoms with Gasteiger partial charge < -0.3 is 11.1 Å². The molecule has 0 bridgehead atoms. The molecule has 2 aromatic rings. The van der Waals surface area contributed by atoms with Gasteiger partial charge in [0.15, 0.2) is 0 Å². The fraction of sp³-hybridized carbons (Fsp3) is 0.368. The SMILES string of the molecule is Cc1ccc(NC[C@@H]2CCN([C@@H](C(N)=O)c3ccccc3)C2)nc1. The summed E-state index contributed by atoms with van der Waals surface area (Å²) in [6.07, 6.45) is 2.91. The number of nitrogens with two attached hydrogens (primary N) is 1. The number of carbonyl (C=O) groups is 1. The van der Waals surface area contributed by atoms with E-state index in [1.54, 1.807) is 0 Å². The van der Waals surface area contributed by atoms with Crippen molar-refractivity contribution in [3.8, 4) is 0 Å². The van der Waals surface area contributed by atoms with Gasteiger partial charge in [-0.15, -0.1) is 0 Å². The molecule has 3 rings (SSSR count). The Bertz CT molecular complexity index is 672. The lowest BCUT2D eigenvalue weighted by Gasteiger charge is -2.25. The molecule has 0 aliphatic carbocycles. The first-order chi connectivity index (χ1) is 11.6. The molecule has 1 aliphatic heterocycles. The lowest BCUT2D eigenvalue weighted by atomic mass is 10.0. The van der Waals surface area contributed by atoms with Gasteiger partial charge in [-0.1, -0.05) is 36.4 Å². The summed E-state index contributed by atoms with van der Waals surface area (Å²) >= 11 is 0. The summed E-state index contributed by atoms with van der Waals surface area (Å²) in [6, 6.07) is 13.5. The average molecular weight is 324 g/mol. The molecule has 1 amide bonds. The summed E-state index contributed by atoms with van der Waals surface area (Å²) in [5.41, 5.74) is 7.79. The summed E-state index contributed by atoms with van der Waals surface area (Å²) in [7, 11) is 0. The maximum Gasteiger partial charge on any atom is 0.239 e. The van der Waals surface area contributed by atoms with Crippen molar-refractivity contribution in [2.75, 3.05) is 25.0 Å². The molecule has 2 heterocycles. The third kappa shape index (κ3) is 3.92. The number of hydrogen-bond donors (Lipinski definition) is 2. The number of hydrogen-bond acceptors (Lipinski definition) is 4. The summed E-state index contributed by atoms with van der Waals surface area (Å²) in [5, 5.41) is 3.39. The zero-order valence-electron chi connectivity index (χ0n) is 14.0. The molecule has 24 heavy (non-hydrogen) atoms. The minimum Gasteiger partial charge on any atom is -0.370 e. The van der Waals surface area contributed by atoms with E-state index in [0.717, 1.165) is 43.0 Å². The normalized spacial score (nSPS) is 19.1. The molecule has 1 aliphatic rings. The number of pyridine rings is 1. The average Bonchev–Trinajstić information content (AvgIpc) is 3.03. The first-order valence-electron chi connectivity index (χ1n) is 8.38. The second kappa shape index (κ2) is 7.45. The van der Waals surface area contributed by atoms with Gasteiger partial charge in [0.05, 0.1) is 0 Å². The Hall–Kier alpha value is -2.40. The molecule has 0 unspecified atom stereocenters. The standard InChI is InChI=1S/C19H24N4O/c1-14-7-8-17(21-11-14)22-12-15-9-10-23(13-15)18(19(20)24)16-5-3-2-4-6-16/h2-8,11,15,18H,9-10,12-13H2,1H3,(H2,20,24)(H,21,22)/t15-,18+/m0/s1. The van der Waals surface area contributed by atoms with Gasteiger partial charge in [-0.2, -0.15) is 0 Å². The van der Waals surface area contributed by atoms with Crippen LogP contribution in [0.2, 0.25) is 0 Å². The molecule has 0 spiro atoms. The molecule has 1 aromatic carbocycles. The van der Waals surface area contributed by atoms with Crippen LogP contribution in [0.5, 0.6) is 0 Å². The number of nitrogens with zero attached hydrogens (tertiary/aromatic N) is 2. The molecule has 1 fully saturated rings. The third-order valence-electron chi connectivity index (χ3n) is 4.55. The molecular formula is C19H24N4O. The van der Waals surface area contributed by atoms with Gasteiger partial charge in [-0.05, 0) is 43.0 Å². The number of primary amides is 1. The lowest BCUT2D eigenvalue weighted by molar-refractivity contribution is -0.123. The van der Waals surface area contributed by atoms with E-state index < -0.39 is 0 Å². The van der Waals surface area contributed by atoms with Gasteiger partial charge in [-0.3, -0.25) is 9.69 Å². The van der Waals surface area contributed by atoms with Crippen LogP contribution in [0.25, 0.3) is 0 Å². The van der Waals surface area contributed by atoms with Gasteiger partial charge in [-0.25, -0.2) is 4.98 Å². The monoisotopic (exact) mass is 324 g/mol. The van der Waals surface area contributed by atoms with Gasteiger partial charge in [0, 0.05) is 19.3 Å². The summed E-state index contributed by atoms with van der Waals surface area (Å²) in [5.74, 6) is 1.10. The Morgan fingerprint density at radius 3 is 2.79 bits per heavy atom. The number of amides is 1. The van der Waals surface area contributed by atoms with E-state index >= 15 is 0 Å². The topological polar surface area (TPSA) is 71.2 Å². The molecular weight excluding hydrogens is 300 g/mol. The first kappa shape index (κ1) is 16.5. The van der Waals surface area contributed by atoms with Crippen LogP contribution < -0.4 is 11.1 Å². The lowest BCUT2D eigenvalue weighted by Crippen LogP contribution is -2.36. The van der Waals surface area contributed by atoms with Crippen molar-refractivity contribution in [1.82, 2.24) is 9.88 Å². The second-order valence-electron chi connectivity index (χ2n) is 6.47. The largest absolute Gasteiger partial charge is 0.370 e. The Labute approximate surface area is 142 Å². The number of nitrogens with one attached hydrogen (secondary N) is 1. The van der Waals surface area contributed by atoms with E-state index in [-0.39, 0.29) is 11.9 Å². The Morgan fingerprint density at radius 2 is 2.12 bits per heavy atom. The third-order valence-corrected chi connectivity index (χ3v) is 4.55. The molecule has 1 saturated heterocycles. The number of carbonyl (C=O) groups excluding carboxylic acids is 1. The highest BCUT2D eigenvalue weighted by Gasteiger charge is 2.32. The smallest absolute Gasteiger partial charge is 0.239 e. The van der Waals surface area contributed by atoms with Crippen molar-refractivity contribution in [3.63, 3.8) is 0 Å². The van der Waals surface area contributed by atoms with Gasteiger partial charge in [0.25, 0.3) is 0 Å².